The van der Waals surface area contributed by atoms with Crippen molar-refractivity contribution in [2.24, 2.45) is 11.3 Å². The zero-order valence-corrected chi connectivity index (χ0v) is 17.2. The van der Waals surface area contributed by atoms with Gasteiger partial charge in [-0.05, 0) is 30.2 Å². The van der Waals surface area contributed by atoms with Crippen LogP contribution in [0.3, 0.4) is 0 Å². The highest BCUT2D eigenvalue weighted by molar-refractivity contribution is 6.32. The summed E-state index contributed by atoms with van der Waals surface area (Å²) in [5, 5.41) is 6.77. The maximum Gasteiger partial charge on any atom is 0.238 e. The van der Waals surface area contributed by atoms with Gasteiger partial charge in [-0.2, -0.15) is 0 Å². The third-order valence-electron chi connectivity index (χ3n) is 5.15. The Bertz CT molecular complexity index is 628. The van der Waals surface area contributed by atoms with Gasteiger partial charge in [-0.1, -0.05) is 45.2 Å². The molecule has 0 saturated heterocycles. The SMILES string of the molecule is COc1cc(OC)c(NC(=O)CNC2CCCCC2C(C)(C)C)cc1Cl. The fourth-order valence-corrected chi connectivity index (χ4v) is 4.03. The highest BCUT2D eigenvalue weighted by Crippen LogP contribution is 2.38. The smallest absolute Gasteiger partial charge is 0.238 e. The van der Waals surface area contributed by atoms with E-state index in [1.807, 2.05) is 0 Å². The van der Waals surface area contributed by atoms with Crippen LogP contribution in [0.5, 0.6) is 11.5 Å². The Morgan fingerprint density at radius 3 is 2.42 bits per heavy atom. The molecule has 1 fully saturated rings. The first kappa shape index (κ1) is 20.8. The summed E-state index contributed by atoms with van der Waals surface area (Å²) >= 11 is 6.16. The molecule has 0 heterocycles. The van der Waals surface area contributed by atoms with Crippen molar-refractivity contribution in [1.29, 1.82) is 0 Å². The second-order valence-corrected chi connectivity index (χ2v) is 8.39. The average Bonchev–Trinajstić information content (AvgIpc) is 2.59. The Labute approximate surface area is 161 Å². The van der Waals surface area contributed by atoms with Crippen molar-refractivity contribution in [3.8, 4) is 11.5 Å². The van der Waals surface area contributed by atoms with Crippen LogP contribution < -0.4 is 20.1 Å². The van der Waals surface area contributed by atoms with Gasteiger partial charge in [0.25, 0.3) is 0 Å². The first-order valence-corrected chi connectivity index (χ1v) is 9.58. The molecule has 1 saturated carbocycles. The number of nitrogens with one attached hydrogen (secondary N) is 2. The van der Waals surface area contributed by atoms with Crippen molar-refractivity contribution in [1.82, 2.24) is 5.32 Å². The van der Waals surface area contributed by atoms with E-state index in [4.69, 9.17) is 21.1 Å². The van der Waals surface area contributed by atoms with Gasteiger partial charge in [0.1, 0.15) is 11.5 Å². The monoisotopic (exact) mass is 382 g/mol. The molecule has 1 aliphatic rings. The van der Waals surface area contributed by atoms with Gasteiger partial charge in [0.15, 0.2) is 0 Å². The molecular weight excluding hydrogens is 352 g/mol. The number of methoxy groups -OCH3 is 2. The third-order valence-corrected chi connectivity index (χ3v) is 5.45. The van der Waals surface area contributed by atoms with E-state index in [2.05, 4.69) is 31.4 Å². The lowest BCUT2D eigenvalue weighted by Gasteiger charge is -2.40. The van der Waals surface area contributed by atoms with Gasteiger partial charge >= 0.3 is 0 Å². The van der Waals surface area contributed by atoms with E-state index in [9.17, 15) is 4.79 Å². The lowest BCUT2D eigenvalue weighted by molar-refractivity contribution is -0.115. The Morgan fingerprint density at radius 2 is 1.81 bits per heavy atom. The van der Waals surface area contributed by atoms with Crippen molar-refractivity contribution >= 4 is 23.2 Å². The van der Waals surface area contributed by atoms with Gasteiger partial charge in [0, 0.05) is 12.1 Å². The Morgan fingerprint density at radius 1 is 1.15 bits per heavy atom. The number of ether oxygens (including phenoxy) is 2. The number of hydrogen-bond donors (Lipinski definition) is 2. The molecule has 2 N–H and O–H groups in total. The van der Waals surface area contributed by atoms with Crippen molar-refractivity contribution in [3.63, 3.8) is 0 Å². The second kappa shape index (κ2) is 8.96. The fraction of sp³-hybridized carbons (Fsp3) is 0.650. The molecule has 1 aliphatic carbocycles. The molecule has 0 aromatic heterocycles. The standard InChI is InChI=1S/C20H31ClN2O3/c1-20(2,3)13-8-6-7-9-15(13)22-12-19(24)23-16-10-14(21)17(25-4)11-18(16)26-5/h10-11,13,15,22H,6-9,12H2,1-5H3,(H,23,24). The van der Waals surface area contributed by atoms with E-state index in [1.54, 1.807) is 26.4 Å². The van der Waals surface area contributed by atoms with E-state index < -0.39 is 0 Å². The van der Waals surface area contributed by atoms with Gasteiger partial charge in [0.2, 0.25) is 5.91 Å². The summed E-state index contributed by atoms with van der Waals surface area (Å²) in [6, 6.07) is 3.69. The van der Waals surface area contributed by atoms with Gasteiger partial charge in [-0.3, -0.25) is 4.79 Å². The highest BCUT2D eigenvalue weighted by Gasteiger charge is 2.34. The predicted molar refractivity (Wildman–Crippen MR) is 106 cm³/mol. The topological polar surface area (TPSA) is 59.6 Å². The van der Waals surface area contributed by atoms with Crippen LogP contribution in [0.2, 0.25) is 5.02 Å². The van der Waals surface area contributed by atoms with Crippen LogP contribution in [0.15, 0.2) is 12.1 Å². The number of rotatable bonds is 6. The normalized spacial score (nSPS) is 20.5. The molecule has 2 rings (SSSR count). The highest BCUT2D eigenvalue weighted by atomic mass is 35.5. The van der Waals surface area contributed by atoms with Crippen LogP contribution in [-0.4, -0.2) is 32.7 Å². The number of benzene rings is 1. The lowest BCUT2D eigenvalue weighted by atomic mass is 9.69. The molecule has 26 heavy (non-hydrogen) atoms. The molecule has 0 spiro atoms. The fourth-order valence-electron chi connectivity index (χ4n) is 3.79. The summed E-state index contributed by atoms with van der Waals surface area (Å²) in [5.41, 5.74) is 0.780. The van der Waals surface area contributed by atoms with Crippen LogP contribution in [0.1, 0.15) is 46.5 Å². The van der Waals surface area contributed by atoms with E-state index in [-0.39, 0.29) is 17.9 Å². The van der Waals surface area contributed by atoms with E-state index >= 15 is 0 Å². The number of hydrogen-bond acceptors (Lipinski definition) is 4. The van der Waals surface area contributed by atoms with E-state index in [0.29, 0.717) is 34.2 Å². The van der Waals surface area contributed by atoms with Crippen LogP contribution in [0, 0.1) is 11.3 Å². The van der Waals surface area contributed by atoms with Crippen molar-refractivity contribution in [3.05, 3.63) is 17.2 Å². The van der Waals surface area contributed by atoms with Gasteiger partial charge in [-0.25, -0.2) is 0 Å². The Kier molecular flexibility index (Phi) is 7.18. The first-order valence-electron chi connectivity index (χ1n) is 9.21. The molecule has 1 amide bonds. The Balaban J connectivity index is 1.99. The molecule has 2 unspecified atom stereocenters. The molecule has 0 aliphatic heterocycles. The molecular formula is C20H31ClN2O3. The number of halogens is 1. The second-order valence-electron chi connectivity index (χ2n) is 7.98. The summed E-state index contributed by atoms with van der Waals surface area (Å²) in [7, 11) is 3.09. The zero-order chi connectivity index (χ0) is 19.3. The van der Waals surface area contributed by atoms with Crippen LogP contribution in [0.4, 0.5) is 5.69 Å². The minimum Gasteiger partial charge on any atom is -0.495 e. The third kappa shape index (κ3) is 5.27. The summed E-state index contributed by atoms with van der Waals surface area (Å²) in [4.78, 5) is 12.4. The molecule has 146 valence electrons. The summed E-state index contributed by atoms with van der Waals surface area (Å²) in [6.07, 6.45) is 4.82. The van der Waals surface area contributed by atoms with Gasteiger partial charge in [0.05, 0.1) is 31.5 Å². The minimum atomic E-state index is -0.109. The Hall–Kier alpha value is -1.46. The van der Waals surface area contributed by atoms with E-state index in [0.717, 1.165) is 6.42 Å². The zero-order valence-electron chi connectivity index (χ0n) is 16.4. The number of amides is 1. The molecule has 0 bridgehead atoms. The van der Waals surface area contributed by atoms with Crippen LogP contribution >= 0.6 is 11.6 Å². The van der Waals surface area contributed by atoms with Crippen molar-refractivity contribution in [2.45, 2.75) is 52.5 Å². The van der Waals surface area contributed by atoms with Crippen molar-refractivity contribution < 1.29 is 14.3 Å². The molecule has 1 aromatic carbocycles. The van der Waals surface area contributed by atoms with Gasteiger partial charge < -0.3 is 20.1 Å². The van der Waals surface area contributed by atoms with Crippen LogP contribution in [0.25, 0.3) is 0 Å². The molecule has 2 atom stereocenters. The number of anilines is 1. The molecule has 1 aromatic rings. The summed E-state index contributed by atoms with van der Waals surface area (Å²) in [6.45, 7) is 7.11. The largest absolute Gasteiger partial charge is 0.495 e. The maximum atomic E-state index is 12.4. The predicted octanol–water partition coefficient (Wildman–Crippen LogP) is 4.49. The summed E-state index contributed by atoms with van der Waals surface area (Å²) in [5.74, 6) is 1.50. The minimum absolute atomic E-state index is 0.109. The number of carbonyl (C=O) groups excluding carboxylic acids is 1. The maximum absolute atomic E-state index is 12.4. The lowest BCUT2D eigenvalue weighted by Crippen LogP contribution is -2.46. The average molecular weight is 383 g/mol. The summed E-state index contributed by atoms with van der Waals surface area (Å²) < 4.78 is 10.5. The molecule has 6 heteroatoms. The number of carbonyl (C=O) groups is 1. The first-order chi connectivity index (χ1) is 12.3. The quantitative estimate of drug-likeness (QED) is 0.760. The van der Waals surface area contributed by atoms with Crippen molar-refractivity contribution in [2.75, 3.05) is 26.1 Å². The van der Waals surface area contributed by atoms with Gasteiger partial charge in [-0.15, -0.1) is 0 Å². The van der Waals surface area contributed by atoms with Crippen LogP contribution in [-0.2, 0) is 4.79 Å². The van der Waals surface area contributed by atoms with E-state index in [1.165, 1.54) is 19.3 Å². The molecule has 5 nitrogen and oxygen atoms in total. The molecule has 0 radical (unpaired) electrons.